The molecule has 0 atom stereocenters. The van der Waals surface area contributed by atoms with Gasteiger partial charge < -0.3 is 4.74 Å². The second-order valence-electron chi connectivity index (χ2n) is 4.69. The van der Waals surface area contributed by atoms with Crippen molar-refractivity contribution in [1.82, 2.24) is 4.98 Å². The highest BCUT2D eigenvalue weighted by atomic mass is 35.5. The largest absolute Gasteiger partial charge is 0.494 e. The Bertz CT molecular complexity index is 583. The van der Waals surface area contributed by atoms with Crippen LogP contribution in [0.3, 0.4) is 0 Å². The second kappa shape index (κ2) is 5.88. The maximum absolute atomic E-state index is 13.4. The molecule has 0 amide bonds. The van der Waals surface area contributed by atoms with Crippen molar-refractivity contribution in [3.63, 3.8) is 0 Å². The smallest absolute Gasteiger partial charge is 0.184 e. The van der Waals surface area contributed by atoms with E-state index in [1.807, 2.05) is 0 Å². The van der Waals surface area contributed by atoms with Crippen molar-refractivity contribution < 1.29 is 9.13 Å². The summed E-state index contributed by atoms with van der Waals surface area (Å²) in [5.74, 6) is 0.354. The fraction of sp³-hybridized carbons (Fsp3) is 0.357. The van der Waals surface area contributed by atoms with Crippen LogP contribution in [0.15, 0.2) is 18.2 Å². The Kier molecular flexibility index (Phi) is 4.42. The number of aromatic nitrogens is 1. The lowest BCUT2D eigenvalue weighted by molar-refractivity contribution is 0.387. The Labute approximate surface area is 121 Å². The fourth-order valence-corrected chi connectivity index (χ4v) is 3.25. The second-order valence-corrected chi connectivity index (χ2v) is 6.35. The van der Waals surface area contributed by atoms with Crippen LogP contribution in [0.1, 0.15) is 18.7 Å². The molecule has 0 aliphatic carbocycles. The van der Waals surface area contributed by atoms with Gasteiger partial charge in [0.25, 0.3) is 0 Å². The van der Waals surface area contributed by atoms with Crippen molar-refractivity contribution >= 4 is 22.9 Å². The zero-order valence-electron chi connectivity index (χ0n) is 11.0. The van der Waals surface area contributed by atoms with E-state index in [1.165, 1.54) is 24.5 Å². The van der Waals surface area contributed by atoms with Crippen molar-refractivity contribution in [1.29, 1.82) is 0 Å². The maximum Gasteiger partial charge on any atom is 0.184 e. The molecule has 0 N–H and O–H groups in total. The van der Waals surface area contributed by atoms with E-state index in [-0.39, 0.29) is 11.6 Å². The van der Waals surface area contributed by atoms with Crippen molar-refractivity contribution in [3.8, 4) is 17.0 Å². The topological polar surface area (TPSA) is 22.1 Å². The highest BCUT2D eigenvalue weighted by molar-refractivity contribution is 7.16. The molecule has 2 aromatic rings. The van der Waals surface area contributed by atoms with Gasteiger partial charge in [0.05, 0.1) is 12.8 Å². The number of methoxy groups -OCH3 is 1. The highest BCUT2D eigenvalue weighted by Crippen LogP contribution is 2.34. The van der Waals surface area contributed by atoms with Crippen LogP contribution in [-0.4, -0.2) is 12.1 Å². The Morgan fingerprint density at radius 3 is 2.79 bits per heavy atom. The first-order chi connectivity index (χ1) is 9.01. The van der Waals surface area contributed by atoms with E-state index in [0.29, 0.717) is 10.4 Å². The Hall–Kier alpha value is -1.13. The van der Waals surface area contributed by atoms with Gasteiger partial charge in [0.2, 0.25) is 0 Å². The van der Waals surface area contributed by atoms with Crippen LogP contribution in [0.4, 0.5) is 4.39 Å². The van der Waals surface area contributed by atoms with Crippen molar-refractivity contribution in [2.24, 2.45) is 5.92 Å². The van der Waals surface area contributed by atoms with E-state index in [0.717, 1.165) is 22.6 Å². The molecule has 0 saturated heterocycles. The molecule has 1 heterocycles. The van der Waals surface area contributed by atoms with E-state index < -0.39 is 0 Å². The lowest BCUT2D eigenvalue weighted by atomic mass is 10.0. The fourth-order valence-electron chi connectivity index (χ4n) is 1.86. The van der Waals surface area contributed by atoms with Gasteiger partial charge in [-0.1, -0.05) is 25.4 Å². The molecule has 0 saturated carbocycles. The lowest BCUT2D eigenvalue weighted by Gasteiger charge is -2.07. The zero-order chi connectivity index (χ0) is 14.0. The number of hydrogen-bond acceptors (Lipinski definition) is 3. The quantitative estimate of drug-likeness (QED) is 0.808. The maximum atomic E-state index is 13.4. The van der Waals surface area contributed by atoms with E-state index in [2.05, 4.69) is 18.8 Å². The van der Waals surface area contributed by atoms with E-state index in [4.69, 9.17) is 16.3 Å². The molecule has 0 aliphatic heterocycles. The molecule has 0 spiro atoms. The van der Waals surface area contributed by atoms with Gasteiger partial charge in [-0.3, -0.25) is 0 Å². The van der Waals surface area contributed by atoms with Crippen LogP contribution in [0, 0.1) is 11.7 Å². The van der Waals surface area contributed by atoms with Crippen molar-refractivity contribution in [2.45, 2.75) is 20.3 Å². The summed E-state index contributed by atoms with van der Waals surface area (Å²) in [7, 11) is 1.45. The number of nitrogens with zero attached hydrogens (tertiary/aromatic N) is 1. The molecule has 2 rings (SSSR count). The van der Waals surface area contributed by atoms with E-state index in [1.54, 1.807) is 12.1 Å². The number of hydrogen-bond donors (Lipinski definition) is 0. The first kappa shape index (κ1) is 14.3. The Balaban J connectivity index is 2.46. The van der Waals surface area contributed by atoms with Gasteiger partial charge in [0.15, 0.2) is 16.0 Å². The molecule has 19 heavy (non-hydrogen) atoms. The third-order valence-corrected chi connectivity index (χ3v) is 3.87. The number of ether oxygens (including phenoxy) is 1. The van der Waals surface area contributed by atoms with E-state index >= 15 is 0 Å². The lowest BCUT2D eigenvalue weighted by Crippen LogP contribution is -1.95. The van der Waals surface area contributed by atoms with E-state index in [9.17, 15) is 4.39 Å². The van der Waals surface area contributed by atoms with Crippen LogP contribution in [0.25, 0.3) is 11.3 Å². The third-order valence-electron chi connectivity index (χ3n) is 2.69. The van der Waals surface area contributed by atoms with Gasteiger partial charge in [-0.25, -0.2) is 9.37 Å². The first-order valence-corrected chi connectivity index (χ1v) is 7.19. The highest BCUT2D eigenvalue weighted by Gasteiger charge is 2.15. The number of rotatable bonds is 4. The Morgan fingerprint density at radius 2 is 2.16 bits per heavy atom. The van der Waals surface area contributed by atoms with Gasteiger partial charge >= 0.3 is 0 Å². The molecule has 0 radical (unpaired) electrons. The minimum Gasteiger partial charge on any atom is -0.494 e. The molecule has 1 aromatic heterocycles. The summed E-state index contributed by atoms with van der Waals surface area (Å²) in [4.78, 5) is 5.46. The Morgan fingerprint density at radius 1 is 1.42 bits per heavy atom. The summed E-state index contributed by atoms with van der Waals surface area (Å²) in [5.41, 5.74) is 1.65. The third kappa shape index (κ3) is 3.25. The summed E-state index contributed by atoms with van der Waals surface area (Å²) in [6.07, 6.45) is 0.902. The summed E-state index contributed by atoms with van der Waals surface area (Å²) in [5, 5.41) is 0. The van der Waals surface area contributed by atoms with Gasteiger partial charge in [-0.2, -0.15) is 0 Å². The summed E-state index contributed by atoms with van der Waals surface area (Å²) >= 11 is 7.48. The van der Waals surface area contributed by atoms with Gasteiger partial charge in [0, 0.05) is 10.4 Å². The minimum atomic E-state index is -0.377. The number of halogens is 2. The summed E-state index contributed by atoms with van der Waals surface area (Å²) < 4.78 is 18.9. The van der Waals surface area contributed by atoms with Crippen LogP contribution in [0.2, 0.25) is 4.47 Å². The predicted molar refractivity (Wildman–Crippen MR) is 77.6 cm³/mol. The van der Waals surface area contributed by atoms with Crippen molar-refractivity contribution in [3.05, 3.63) is 33.4 Å². The minimum absolute atomic E-state index is 0.220. The molecule has 5 heteroatoms. The molecule has 0 fully saturated rings. The summed E-state index contributed by atoms with van der Waals surface area (Å²) in [6.45, 7) is 4.28. The average molecular weight is 300 g/mol. The molecular formula is C14H15ClFNOS. The summed E-state index contributed by atoms with van der Waals surface area (Å²) in [6, 6.07) is 4.75. The molecular weight excluding hydrogens is 285 g/mol. The molecule has 0 aliphatic rings. The van der Waals surface area contributed by atoms with Crippen LogP contribution in [0.5, 0.6) is 5.75 Å². The predicted octanol–water partition coefficient (Wildman–Crippen LogP) is 4.81. The SMILES string of the molecule is COc1cc(-c2nc(Cl)sc2CC(C)C)ccc1F. The van der Waals surface area contributed by atoms with Crippen LogP contribution in [-0.2, 0) is 6.42 Å². The van der Waals surface area contributed by atoms with Crippen molar-refractivity contribution in [2.75, 3.05) is 7.11 Å². The van der Waals surface area contributed by atoms with Crippen LogP contribution < -0.4 is 4.74 Å². The molecule has 102 valence electrons. The number of thiazole rings is 1. The number of benzene rings is 1. The standard InChI is InChI=1S/C14H15ClFNOS/c1-8(2)6-12-13(17-14(15)19-12)9-4-5-10(16)11(7-9)18-3/h4-5,7-8H,6H2,1-3H3. The normalized spacial score (nSPS) is 11.1. The molecule has 1 aromatic carbocycles. The zero-order valence-corrected chi connectivity index (χ0v) is 12.6. The average Bonchev–Trinajstić information content (AvgIpc) is 2.70. The first-order valence-electron chi connectivity index (χ1n) is 6.00. The van der Waals surface area contributed by atoms with Gasteiger partial charge in [-0.05, 0) is 30.5 Å². The molecule has 0 unspecified atom stereocenters. The van der Waals surface area contributed by atoms with Crippen LogP contribution >= 0.6 is 22.9 Å². The monoisotopic (exact) mass is 299 g/mol. The van der Waals surface area contributed by atoms with Gasteiger partial charge in [0.1, 0.15) is 0 Å². The van der Waals surface area contributed by atoms with Gasteiger partial charge in [-0.15, -0.1) is 11.3 Å². The molecule has 0 bridgehead atoms. The molecule has 2 nitrogen and oxygen atoms in total.